The van der Waals surface area contributed by atoms with Crippen LogP contribution >= 0.6 is 0 Å². The van der Waals surface area contributed by atoms with E-state index in [-0.39, 0.29) is 12.5 Å². The molecular formula is C22H26N2O5. The molecule has 0 aromatic heterocycles. The number of para-hydroxylation sites is 1. The molecule has 2 amide bonds. The number of hydrogen-bond acceptors (Lipinski definition) is 5. The van der Waals surface area contributed by atoms with Crippen molar-refractivity contribution in [2.24, 2.45) is 0 Å². The molecule has 0 unspecified atom stereocenters. The van der Waals surface area contributed by atoms with Crippen molar-refractivity contribution in [1.82, 2.24) is 10.9 Å². The van der Waals surface area contributed by atoms with Crippen molar-refractivity contribution in [3.05, 3.63) is 59.7 Å². The van der Waals surface area contributed by atoms with Gasteiger partial charge < -0.3 is 14.2 Å². The van der Waals surface area contributed by atoms with Crippen LogP contribution in [0.4, 0.5) is 0 Å². The lowest BCUT2D eigenvalue weighted by Crippen LogP contribution is -2.43. The molecule has 7 heteroatoms. The number of carbonyl (C=O) groups excluding carboxylic acids is 2. The molecule has 0 saturated carbocycles. The molecular weight excluding hydrogens is 372 g/mol. The fourth-order valence-electron chi connectivity index (χ4n) is 2.57. The molecule has 2 aromatic rings. The van der Waals surface area contributed by atoms with Crippen LogP contribution in [-0.2, 0) is 9.59 Å². The second-order valence-electron chi connectivity index (χ2n) is 6.47. The molecule has 0 saturated heterocycles. The van der Waals surface area contributed by atoms with Crippen LogP contribution in [0, 0.1) is 0 Å². The second kappa shape index (κ2) is 10.8. The maximum atomic E-state index is 11.9. The van der Waals surface area contributed by atoms with Crippen molar-refractivity contribution in [3.8, 4) is 17.2 Å². The van der Waals surface area contributed by atoms with E-state index in [9.17, 15) is 9.59 Å². The smallest absolute Gasteiger partial charge is 0.276 e. The highest BCUT2D eigenvalue weighted by Crippen LogP contribution is 2.28. The van der Waals surface area contributed by atoms with E-state index in [1.807, 2.05) is 38.1 Å². The number of nitrogens with one attached hydrogen (secondary N) is 2. The van der Waals surface area contributed by atoms with Crippen molar-refractivity contribution < 1.29 is 23.8 Å². The predicted molar refractivity (Wildman–Crippen MR) is 111 cm³/mol. The molecule has 2 N–H and O–H groups in total. The van der Waals surface area contributed by atoms with Gasteiger partial charge in [-0.3, -0.25) is 20.4 Å². The van der Waals surface area contributed by atoms with E-state index in [4.69, 9.17) is 14.2 Å². The third-order valence-corrected chi connectivity index (χ3v) is 4.06. The first kappa shape index (κ1) is 21.8. The van der Waals surface area contributed by atoms with Gasteiger partial charge >= 0.3 is 0 Å². The molecule has 0 aliphatic rings. The lowest BCUT2D eigenvalue weighted by atomic mass is 10.0. The number of rotatable bonds is 8. The molecule has 0 fully saturated rings. The Balaban J connectivity index is 1.83. The zero-order chi connectivity index (χ0) is 21.2. The summed E-state index contributed by atoms with van der Waals surface area (Å²) in [6.45, 7) is 3.89. The summed E-state index contributed by atoms with van der Waals surface area (Å²) in [6, 6.07) is 12.8. The zero-order valence-corrected chi connectivity index (χ0v) is 17.0. The number of hydrazine groups is 1. The number of amides is 2. The van der Waals surface area contributed by atoms with Gasteiger partial charge in [-0.2, -0.15) is 0 Å². The molecule has 0 aliphatic carbocycles. The number of methoxy groups -OCH3 is 2. The van der Waals surface area contributed by atoms with Gasteiger partial charge in [-0.25, -0.2) is 0 Å². The Morgan fingerprint density at radius 1 is 0.966 bits per heavy atom. The van der Waals surface area contributed by atoms with E-state index < -0.39 is 11.8 Å². The van der Waals surface area contributed by atoms with Crippen LogP contribution in [0.15, 0.2) is 48.5 Å². The quantitative estimate of drug-likeness (QED) is 0.527. The highest BCUT2D eigenvalue weighted by molar-refractivity contribution is 5.93. The van der Waals surface area contributed by atoms with Gasteiger partial charge in [-0.15, -0.1) is 0 Å². The summed E-state index contributed by atoms with van der Waals surface area (Å²) in [5.74, 6) is 1.14. The van der Waals surface area contributed by atoms with Crippen molar-refractivity contribution in [3.63, 3.8) is 0 Å². The van der Waals surface area contributed by atoms with E-state index in [0.29, 0.717) is 17.2 Å². The van der Waals surface area contributed by atoms with Gasteiger partial charge in [0.2, 0.25) is 0 Å². The van der Waals surface area contributed by atoms with Gasteiger partial charge in [-0.1, -0.05) is 38.1 Å². The maximum Gasteiger partial charge on any atom is 0.276 e. The van der Waals surface area contributed by atoms with E-state index >= 15 is 0 Å². The van der Waals surface area contributed by atoms with Crippen molar-refractivity contribution in [1.29, 1.82) is 0 Å². The lowest BCUT2D eigenvalue weighted by Gasteiger charge is -2.13. The molecule has 0 bridgehead atoms. The average Bonchev–Trinajstić information content (AvgIpc) is 2.74. The first-order chi connectivity index (χ1) is 13.9. The van der Waals surface area contributed by atoms with Crippen LogP contribution < -0.4 is 25.1 Å². The molecule has 2 rings (SSSR count). The van der Waals surface area contributed by atoms with Crippen LogP contribution in [0.3, 0.4) is 0 Å². The number of benzene rings is 2. The van der Waals surface area contributed by atoms with Gasteiger partial charge in [0.15, 0.2) is 18.1 Å². The highest BCUT2D eigenvalue weighted by Gasteiger charge is 2.09. The summed E-state index contributed by atoms with van der Waals surface area (Å²) in [5.41, 5.74) is 6.40. The van der Waals surface area contributed by atoms with E-state index in [1.165, 1.54) is 13.2 Å². The van der Waals surface area contributed by atoms with Crippen molar-refractivity contribution in [2.45, 2.75) is 19.8 Å². The largest absolute Gasteiger partial charge is 0.493 e. The molecule has 0 radical (unpaired) electrons. The predicted octanol–water partition coefficient (Wildman–Crippen LogP) is 3.07. The van der Waals surface area contributed by atoms with Gasteiger partial charge in [-0.05, 0) is 41.3 Å². The van der Waals surface area contributed by atoms with Crippen LogP contribution in [-0.4, -0.2) is 32.6 Å². The summed E-state index contributed by atoms with van der Waals surface area (Å²) in [5, 5.41) is 0. The molecule has 0 spiro atoms. The Labute approximate surface area is 170 Å². The minimum atomic E-state index is -0.476. The minimum absolute atomic E-state index is 0.205. The van der Waals surface area contributed by atoms with Crippen molar-refractivity contribution in [2.75, 3.05) is 20.8 Å². The Bertz CT molecular complexity index is 877. The van der Waals surface area contributed by atoms with E-state index in [1.54, 1.807) is 31.4 Å². The van der Waals surface area contributed by atoms with E-state index in [2.05, 4.69) is 10.9 Å². The molecule has 7 nitrogen and oxygen atoms in total. The third-order valence-electron chi connectivity index (χ3n) is 4.06. The van der Waals surface area contributed by atoms with Crippen LogP contribution in [0.5, 0.6) is 17.2 Å². The van der Waals surface area contributed by atoms with Gasteiger partial charge in [0.05, 0.1) is 14.2 Å². The molecule has 0 aliphatic heterocycles. The number of hydrogen-bond donors (Lipinski definition) is 2. The van der Waals surface area contributed by atoms with E-state index in [0.717, 1.165) is 11.1 Å². The number of carbonyl (C=O) groups is 2. The fourth-order valence-corrected chi connectivity index (χ4v) is 2.57. The summed E-state index contributed by atoms with van der Waals surface area (Å²) in [7, 11) is 3.09. The van der Waals surface area contributed by atoms with Crippen molar-refractivity contribution >= 4 is 17.9 Å². The molecule has 0 heterocycles. The second-order valence-corrected chi connectivity index (χ2v) is 6.47. The minimum Gasteiger partial charge on any atom is -0.493 e. The highest BCUT2D eigenvalue weighted by atomic mass is 16.5. The summed E-state index contributed by atoms with van der Waals surface area (Å²) in [4.78, 5) is 23.8. The molecule has 0 atom stereocenters. The molecule has 2 aromatic carbocycles. The first-order valence-corrected chi connectivity index (χ1v) is 9.15. The summed E-state index contributed by atoms with van der Waals surface area (Å²) in [6.07, 6.45) is 2.90. The molecule has 29 heavy (non-hydrogen) atoms. The zero-order valence-electron chi connectivity index (χ0n) is 17.0. The Hall–Kier alpha value is -3.48. The lowest BCUT2D eigenvalue weighted by molar-refractivity contribution is -0.128. The summed E-state index contributed by atoms with van der Waals surface area (Å²) >= 11 is 0. The average molecular weight is 398 g/mol. The SMILES string of the molecule is COc1ccc(/C=C/C(=O)NNC(=O)COc2ccccc2C(C)C)cc1OC. The van der Waals surface area contributed by atoms with Gasteiger partial charge in [0.1, 0.15) is 5.75 Å². The fraction of sp³-hybridized carbons (Fsp3) is 0.273. The van der Waals surface area contributed by atoms with Crippen LogP contribution in [0.25, 0.3) is 6.08 Å². The monoisotopic (exact) mass is 398 g/mol. The Morgan fingerprint density at radius 2 is 1.69 bits per heavy atom. The van der Waals surface area contributed by atoms with Gasteiger partial charge in [0.25, 0.3) is 11.8 Å². The number of ether oxygens (including phenoxy) is 3. The first-order valence-electron chi connectivity index (χ1n) is 9.15. The topological polar surface area (TPSA) is 85.9 Å². The summed E-state index contributed by atoms with van der Waals surface area (Å²) < 4.78 is 16.0. The Kier molecular flexibility index (Phi) is 8.09. The van der Waals surface area contributed by atoms with Crippen LogP contribution in [0.2, 0.25) is 0 Å². The standard InChI is InChI=1S/C22H26N2O5/c1-15(2)17-7-5-6-8-18(17)29-14-22(26)24-23-21(25)12-10-16-9-11-19(27-3)20(13-16)28-4/h5-13,15H,14H2,1-4H3,(H,23,25)(H,24,26)/b12-10+. The van der Waals surface area contributed by atoms with Gasteiger partial charge in [0, 0.05) is 6.08 Å². The maximum absolute atomic E-state index is 11.9. The third kappa shape index (κ3) is 6.57. The Morgan fingerprint density at radius 3 is 2.38 bits per heavy atom. The normalized spacial score (nSPS) is 10.7. The molecule has 154 valence electrons. The van der Waals surface area contributed by atoms with Crippen LogP contribution in [0.1, 0.15) is 30.9 Å².